The van der Waals surface area contributed by atoms with Crippen LogP contribution in [0.5, 0.6) is 11.5 Å². The van der Waals surface area contributed by atoms with Crippen LogP contribution in [0.15, 0.2) is 60.7 Å². The molecule has 2 saturated carbocycles. The smallest absolute Gasteiger partial charge is 0.328 e. The summed E-state index contributed by atoms with van der Waals surface area (Å²) in [7, 11) is 8.16. The van der Waals surface area contributed by atoms with Gasteiger partial charge in [0.2, 0.25) is 0 Å². The van der Waals surface area contributed by atoms with Gasteiger partial charge >= 0.3 is 11.9 Å². The van der Waals surface area contributed by atoms with Crippen LogP contribution < -0.4 is 0 Å². The van der Waals surface area contributed by atoms with Crippen LogP contribution >= 0.6 is 0 Å². The van der Waals surface area contributed by atoms with Gasteiger partial charge in [0.1, 0.15) is 11.5 Å². The molecule has 0 spiro atoms. The van der Waals surface area contributed by atoms with E-state index >= 15 is 0 Å². The first-order valence-electron chi connectivity index (χ1n) is 15.1. The van der Waals surface area contributed by atoms with E-state index in [2.05, 4.69) is 9.80 Å². The maximum atomic E-state index is 11.0. The van der Waals surface area contributed by atoms with Crippen molar-refractivity contribution in [2.45, 2.75) is 62.6 Å². The van der Waals surface area contributed by atoms with Crippen LogP contribution in [0.3, 0.4) is 0 Å². The lowest BCUT2D eigenvalue weighted by Crippen LogP contribution is -2.43. The number of aromatic hydroxyl groups is 2. The van der Waals surface area contributed by atoms with Crippen LogP contribution in [0, 0.1) is 11.8 Å². The highest BCUT2D eigenvalue weighted by Gasteiger charge is 2.41. The van der Waals surface area contributed by atoms with Gasteiger partial charge in [-0.2, -0.15) is 0 Å². The second-order valence-corrected chi connectivity index (χ2v) is 12.4. The molecule has 2 aromatic rings. The average Bonchev–Trinajstić information content (AvgIpc) is 2.95. The SMILES string of the molecule is CN(C)C[C@H]1CCCC[C@]1(O)c1cccc(O)c1.CN(C)C[C@H]1CCCC[C@]1(O)c1cccc(O)c1.O=C(O)/C=C/C(=O)O. The number of rotatable bonds is 8. The van der Waals surface area contributed by atoms with Gasteiger partial charge < -0.3 is 40.4 Å². The van der Waals surface area contributed by atoms with E-state index in [1.54, 1.807) is 24.3 Å². The summed E-state index contributed by atoms with van der Waals surface area (Å²) in [5.74, 6) is -1.57. The third-order valence-electron chi connectivity index (χ3n) is 8.30. The molecule has 2 fully saturated rings. The number of hydrogen-bond acceptors (Lipinski definition) is 8. The number of phenolic OH excluding ortho intramolecular Hbond substituents is 2. The number of aliphatic hydroxyl groups is 2. The van der Waals surface area contributed by atoms with Crippen molar-refractivity contribution >= 4 is 11.9 Å². The van der Waals surface area contributed by atoms with Gasteiger partial charge in [0.15, 0.2) is 0 Å². The van der Waals surface area contributed by atoms with E-state index in [1.807, 2.05) is 52.5 Å². The highest BCUT2D eigenvalue weighted by Crippen LogP contribution is 2.43. The Balaban J connectivity index is 0.000000248. The minimum atomic E-state index is -1.26. The zero-order chi connectivity index (χ0) is 32.9. The lowest BCUT2D eigenvalue weighted by molar-refractivity contribution is -0.134. The molecule has 2 aromatic carbocycles. The summed E-state index contributed by atoms with van der Waals surface area (Å²) in [5.41, 5.74) is 0.130. The molecule has 0 bridgehead atoms. The maximum Gasteiger partial charge on any atom is 0.328 e. The minimum absolute atomic E-state index is 0.232. The summed E-state index contributed by atoms with van der Waals surface area (Å²) in [5, 5.41) is 56.9. The number of carboxylic acids is 2. The predicted molar refractivity (Wildman–Crippen MR) is 169 cm³/mol. The fraction of sp³-hybridized carbons (Fsp3) is 0.529. The molecule has 0 radical (unpaired) electrons. The molecule has 6 N–H and O–H groups in total. The molecule has 4 atom stereocenters. The number of nitrogens with zero attached hydrogens (tertiary/aromatic N) is 2. The Morgan fingerprint density at radius 1 is 0.705 bits per heavy atom. The van der Waals surface area contributed by atoms with Crippen LogP contribution in [0.1, 0.15) is 62.5 Å². The van der Waals surface area contributed by atoms with E-state index in [0.717, 1.165) is 62.7 Å². The van der Waals surface area contributed by atoms with E-state index in [9.17, 15) is 30.0 Å². The fourth-order valence-corrected chi connectivity index (χ4v) is 6.28. The van der Waals surface area contributed by atoms with Crippen LogP contribution in [-0.4, -0.2) is 93.7 Å². The Bertz CT molecular complexity index is 1140. The van der Waals surface area contributed by atoms with Crippen molar-refractivity contribution in [2.75, 3.05) is 41.3 Å². The first-order valence-corrected chi connectivity index (χ1v) is 15.1. The minimum Gasteiger partial charge on any atom is -0.508 e. The van der Waals surface area contributed by atoms with Crippen molar-refractivity contribution in [3.05, 3.63) is 71.8 Å². The van der Waals surface area contributed by atoms with Gasteiger partial charge in [-0.15, -0.1) is 0 Å². The molecule has 0 amide bonds. The van der Waals surface area contributed by atoms with Crippen molar-refractivity contribution in [3.63, 3.8) is 0 Å². The number of phenols is 2. The highest BCUT2D eigenvalue weighted by atomic mass is 16.4. The van der Waals surface area contributed by atoms with Crippen LogP contribution in [0.25, 0.3) is 0 Å². The summed E-state index contributed by atoms with van der Waals surface area (Å²) in [6.07, 6.45) is 9.24. The summed E-state index contributed by atoms with van der Waals surface area (Å²) in [6, 6.07) is 14.2. The van der Waals surface area contributed by atoms with E-state index in [4.69, 9.17) is 10.2 Å². The molecular weight excluding hydrogens is 564 g/mol. The van der Waals surface area contributed by atoms with Crippen LogP contribution in [0.2, 0.25) is 0 Å². The number of hydrogen-bond donors (Lipinski definition) is 6. The van der Waals surface area contributed by atoms with Crippen molar-refractivity contribution in [2.24, 2.45) is 11.8 Å². The quantitative estimate of drug-likeness (QED) is 0.236. The molecule has 0 aliphatic heterocycles. The number of carbonyl (C=O) groups is 2. The average molecular weight is 615 g/mol. The van der Waals surface area contributed by atoms with E-state index in [0.29, 0.717) is 12.2 Å². The topological polar surface area (TPSA) is 162 Å². The fourth-order valence-electron chi connectivity index (χ4n) is 6.28. The van der Waals surface area contributed by atoms with E-state index in [1.165, 1.54) is 12.8 Å². The zero-order valence-electron chi connectivity index (χ0n) is 26.4. The largest absolute Gasteiger partial charge is 0.508 e. The molecule has 0 heterocycles. The molecule has 44 heavy (non-hydrogen) atoms. The Kier molecular flexibility index (Phi) is 14.3. The lowest BCUT2D eigenvalue weighted by atomic mass is 9.71. The second-order valence-electron chi connectivity index (χ2n) is 12.4. The number of carboxylic acid groups (broad SMARTS) is 2. The Morgan fingerprint density at radius 2 is 1.07 bits per heavy atom. The van der Waals surface area contributed by atoms with Crippen molar-refractivity contribution in [1.82, 2.24) is 9.80 Å². The summed E-state index contributed by atoms with van der Waals surface area (Å²) in [4.78, 5) is 23.4. The normalized spacial score (nSPS) is 25.1. The van der Waals surface area contributed by atoms with E-state index in [-0.39, 0.29) is 23.3 Å². The molecule has 10 heteroatoms. The van der Waals surface area contributed by atoms with Crippen molar-refractivity contribution in [1.29, 1.82) is 0 Å². The Morgan fingerprint density at radius 3 is 1.36 bits per heavy atom. The van der Waals surface area contributed by atoms with Gasteiger partial charge in [-0.3, -0.25) is 0 Å². The highest BCUT2D eigenvalue weighted by molar-refractivity contribution is 5.89. The zero-order valence-corrected chi connectivity index (χ0v) is 26.4. The second kappa shape index (κ2) is 17.2. The first-order chi connectivity index (χ1) is 20.7. The molecule has 0 saturated heterocycles. The Hall–Kier alpha value is -3.44. The van der Waals surface area contributed by atoms with Gasteiger partial charge in [-0.1, -0.05) is 49.9 Å². The van der Waals surface area contributed by atoms with Crippen molar-refractivity contribution < 1.29 is 40.2 Å². The van der Waals surface area contributed by atoms with Gasteiger partial charge in [-0.05, 0) is 89.3 Å². The van der Waals surface area contributed by atoms with Gasteiger partial charge in [-0.25, -0.2) is 9.59 Å². The maximum absolute atomic E-state index is 11.0. The third kappa shape index (κ3) is 11.2. The molecule has 4 rings (SSSR count). The predicted octanol–water partition coefficient (Wildman–Crippen LogP) is 4.38. The summed E-state index contributed by atoms with van der Waals surface area (Å²) < 4.78 is 0. The molecule has 0 aromatic heterocycles. The number of benzene rings is 2. The molecule has 10 nitrogen and oxygen atoms in total. The molecule has 2 aliphatic carbocycles. The molecular formula is C34H50N2O8. The van der Waals surface area contributed by atoms with Gasteiger partial charge in [0.25, 0.3) is 0 Å². The standard InChI is InChI=1S/2C15H23NO2.C4H4O4/c2*1-16(2)11-13-6-3-4-9-15(13,18)12-7-5-8-14(17)10-12;5-3(6)1-2-4(7)8/h2*5,7-8,10,13,17-18H,3-4,6,9,11H2,1-2H3;1-2H,(H,5,6)(H,7,8)/b;;2-1+/t2*13-,15+;/m11./s1. The van der Waals surface area contributed by atoms with Crippen LogP contribution in [0.4, 0.5) is 0 Å². The first kappa shape index (κ1) is 36.8. The molecule has 244 valence electrons. The van der Waals surface area contributed by atoms with Gasteiger partial charge in [0, 0.05) is 37.1 Å². The molecule has 0 unspecified atom stereocenters. The lowest BCUT2D eigenvalue weighted by Gasteiger charge is -2.41. The summed E-state index contributed by atoms with van der Waals surface area (Å²) in [6.45, 7) is 1.76. The Labute approximate surface area is 260 Å². The monoisotopic (exact) mass is 614 g/mol. The number of aliphatic carboxylic acids is 2. The van der Waals surface area contributed by atoms with Gasteiger partial charge in [0.05, 0.1) is 11.2 Å². The van der Waals surface area contributed by atoms with Crippen LogP contribution in [-0.2, 0) is 20.8 Å². The molecule has 2 aliphatic rings. The summed E-state index contributed by atoms with van der Waals surface area (Å²) >= 11 is 0. The van der Waals surface area contributed by atoms with Crippen molar-refractivity contribution in [3.8, 4) is 11.5 Å². The van der Waals surface area contributed by atoms with E-state index < -0.39 is 23.1 Å². The third-order valence-corrected chi connectivity index (χ3v) is 8.30.